The van der Waals surface area contributed by atoms with E-state index in [2.05, 4.69) is 11.8 Å². The molecule has 78 valence electrons. The first kappa shape index (κ1) is 9.78. The number of rotatable bonds is 2. The van der Waals surface area contributed by atoms with Crippen molar-refractivity contribution in [1.29, 1.82) is 0 Å². The fraction of sp³-hybridized carbons (Fsp3) is 0.455. The molecule has 4 heteroatoms. The van der Waals surface area contributed by atoms with Crippen LogP contribution in [-0.4, -0.2) is 9.13 Å². The molecule has 0 aromatic carbocycles. The molecular formula is C11H12N2O2. The van der Waals surface area contributed by atoms with Gasteiger partial charge in [0, 0.05) is 18.4 Å². The molecule has 1 fully saturated rings. The van der Waals surface area contributed by atoms with E-state index in [1.54, 1.807) is 19.3 Å². The van der Waals surface area contributed by atoms with E-state index in [0.29, 0.717) is 0 Å². The van der Waals surface area contributed by atoms with E-state index in [9.17, 15) is 9.59 Å². The van der Waals surface area contributed by atoms with Crippen LogP contribution in [0.3, 0.4) is 0 Å². The van der Waals surface area contributed by atoms with Crippen LogP contribution in [-0.2, 0) is 6.54 Å². The third-order valence-electron chi connectivity index (χ3n) is 2.45. The van der Waals surface area contributed by atoms with Gasteiger partial charge in [0.15, 0.2) is 0 Å². The summed E-state index contributed by atoms with van der Waals surface area (Å²) in [5.41, 5.74) is -0.912. The van der Waals surface area contributed by atoms with Gasteiger partial charge in [0.1, 0.15) is 0 Å². The Hall–Kier alpha value is -1.76. The number of nitrogens with zero attached hydrogens (tertiary/aromatic N) is 2. The van der Waals surface area contributed by atoms with E-state index in [1.807, 2.05) is 0 Å². The summed E-state index contributed by atoms with van der Waals surface area (Å²) in [6.07, 6.45) is 5.31. The largest absolute Gasteiger partial charge is 0.317 e. The van der Waals surface area contributed by atoms with Crippen molar-refractivity contribution in [3.63, 3.8) is 0 Å². The average molecular weight is 204 g/mol. The van der Waals surface area contributed by atoms with Gasteiger partial charge in [0.2, 0.25) is 0 Å². The Bertz CT molecular complexity index is 538. The van der Waals surface area contributed by atoms with Gasteiger partial charge in [0.05, 0.1) is 6.54 Å². The van der Waals surface area contributed by atoms with Crippen LogP contribution in [0.2, 0.25) is 0 Å². The van der Waals surface area contributed by atoms with Gasteiger partial charge in [-0.2, -0.15) is 0 Å². The van der Waals surface area contributed by atoms with Gasteiger partial charge >= 0.3 is 11.1 Å². The number of hydrogen-bond donors (Lipinski definition) is 0. The van der Waals surface area contributed by atoms with Crippen molar-refractivity contribution in [2.75, 3.05) is 0 Å². The first-order valence-corrected chi connectivity index (χ1v) is 4.95. The second-order valence-electron chi connectivity index (χ2n) is 3.60. The lowest BCUT2D eigenvalue weighted by Gasteiger charge is -2.04. The summed E-state index contributed by atoms with van der Waals surface area (Å²) in [4.78, 5) is 23.2. The molecule has 1 aliphatic carbocycles. The van der Waals surface area contributed by atoms with Crippen LogP contribution >= 0.6 is 0 Å². The summed E-state index contributed by atoms with van der Waals surface area (Å²) in [6.45, 7) is 1.99. The summed E-state index contributed by atoms with van der Waals surface area (Å²) < 4.78 is 2.87. The Balaban J connectivity index is 2.42. The first-order valence-electron chi connectivity index (χ1n) is 4.95. The molecule has 1 saturated carbocycles. The topological polar surface area (TPSA) is 44.0 Å². The predicted octanol–water partition coefficient (Wildman–Crippen LogP) is 0.368. The third-order valence-corrected chi connectivity index (χ3v) is 2.45. The quantitative estimate of drug-likeness (QED) is 0.516. The second kappa shape index (κ2) is 3.77. The maximum absolute atomic E-state index is 11.6. The molecule has 2 rings (SSSR count). The zero-order valence-electron chi connectivity index (χ0n) is 8.56. The van der Waals surface area contributed by atoms with Crippen molar-refractivity contribution < 1.29 is 0 Å². The molecular weight excluding hydrogens is 192 g/mol. The SMILES string of the molecule is CC#CCn1ccn(C2CC2)c(=O)c1=O. The maximum Gasteiger partial charge on any atom is 0.317 e. The summed E-state index contributed by atoms with van der Waals surface area (Å²) in [5.74, 6) is 5.46. The normalized spacial score (nSPS) is 14.5. The molecule has 4 nitrogen and oxygen atoms in total. The molecule has 0 aliphatic heterocycles. The minimum atomic E-state index is -0.479. The van der Waals surface area contributed by atoms with E-state index in [4.69, 9.17) is 0 Å². The van der Waals surface area contributed by atoms with E-state index in [-0.39, 0.29) is 12.6 Å². The second-order valence-corrected chi connectivity index (χ2v) is 3.60. The molecule has 1 heterocycles. The zero-order chi connectivity index (χ0) is 10.8. The summed E-state index contributed by atoms with van der Waals surface area (Å²) in [6, 6.07) is 0.247. The van der Waals surface area contributed by atoms with Crippen LogP contribution in [0.15, 0.2) is 22.0 Å². The maximum atomic E-state index is 11.6. The molecule has 1 aromatic rings. The fourth-order valence-corrected chi connectivity index (χ4v) is 1.45. The lowest BCUT2D eigenvalue weighted by atomic mass is 10.5. The van der Waals surface area contributed by atoms with Gasteiger partial charge in [-0.3, -0.25) is 14.2 Å². The fourth-order valence-electron chi connectivity index (χ4n) is 1.45. The molecule has 0 amide bonds. The van der Waals surface area contributed by atoms with Crippen LogP contribution in [0.5, 0.6) is 0 Å². The number of hydrogen-bond acceptors (Lipinski definition) is 2. The molecule has 0 atom stereocenters. The van der Waals surface area contributed by atoms with Crippen LogP contribution in [0.25, 0.3) is 0 Å². The molecule has 1 aliphatic rings. The van der Waals surface area contributed by atoms with Crippen molar-refractivity contribution in [3.8, 4) is 11.8 Å². The van der Waals surface area contributed by atoms with Gasteiger partial charge in [-0.05, 0) is 19.8 Å². The highest BCUT2D eigenvalue weighted by molar-refractivity contribution is 4.99. The predicted molar refractivity (Wildman–Crippen MR) is 56.7 cm³/mol. The van der Waals surface area contributed by atoms with Crippen LogP contribution in [0.1, 0.15) is 25.8 Å². The van der Waals surface area contributed by atoms with Crippen LogP contribution < -0.4 is 11.1 Å². The van der Waals surface area contributed by atoms with Crippen molar-refractivity contribution in [2.24, 2.45) is 0 Å². The van der Waals surface area contributed by atoms with E-state index in [0.717, 1.165) is 12.8 Å². The lowest BCUT2D eigenvalue weighted by molar-refractivity contribution is 0.648. The van der Waals surface area contributed by atoms with E-state index in [1.165, 1.54) is 9.13 Å². The molecule has 0 radical (unpaired) electrons. The van der Waals surface area contributed by atoms with Crippen molar-refractivity contribution in [3.05, 3.63) is 33.1 Å². The highest BCUT2D eigenvalue weighted by atomic mass is 16.2. The minimum Gasteiger partial charge on any atom is -0.306 e. The Morgan fingerprint density at radius 3 is 2.67 bits per heavy atom. The Kier molecular flexibility index (Phi) is 2.46. The van der Waals surface area contributed by atoms with Gasteiger partial charge in [-0.25, -0.2) is 0 Å². The minimum absolute atomic E-state index is 0.247. The standard InChI is InChI=1S/C11H12N2O2/c1-2-3-6-12-7-8-13(9-4-5-9)11(15)10(12)14/h7-9H,4-6H2,1H3. The Labute approximate surface area is 87.2 Å². The van der Waals surface area contributed by atoms with Gasteiger partial charge in [-0.1, -0.05) is 5.92 Å². The average Bonchev–Trinajstić information content (AvgIpc) is 3.04. The molecule has 1 aromatic heterocycles. The van der Waals surface area contributed by atoms with Gasteiger partial charge in [-0.15, -0.1) is 5.92 Å². The summed E-state index contributed by atoms with van der Waals surface area (Å²) in [5, 5.41) is 0. The van der Waals surface area contributed by atoms with Crippen molar-refractivity contribution in [1.82, 2.24) is 9.13 Å². The first-order chi connectivity index (χ1) is 7.24. The van der Waals surface area contributed by atoms with Crippen LogP contribution in [0, 0.1) is 11.8 Å². The van der Waals surface area contributed by atoms with Gasteiger partial charge < -0.3 is 4.57 Å². The molecule has 0 N–H and O–H groups in total. The Morgan fingerprint density at radius 2 is 2.07 bits per heavy atom. The lowest BCUT2D eigenvalue weighted by Crippen LogP contribution is -2.40. The summed E-state index contributed by atoms with van der Waals surface area (Å²) >= 11 is 0. The zero-order valence-corrected chi connectivity index (χ0v) is 8.56. The Morgan fingerprint density at radius 1 is 1.33 bits per heavy atom. The molecule has 0 unspecified atom stereocenters. The van der Waals surface area contributed by atoms with Crippen molar-refractivity contribution in [2.45, 2.75) is 32.4 Å². The highest BCUT2D eigenvalue weighted by Gasteiger charge is 2.25. The molecule has 0 bridgehead atoms. The molecule has 15 heavy (non-hydrogen) atoms. The van der Waals surface area contributed by atoms with Gasteiger partial charge in [0.25, 0.3) is 0 Å². The van der Waals surface area contributed by atoms with E-state index < -0.39 is 11.1 Å². The van der Waals surface area contributed by atoms with Crippen LogP contribution in [0.4, 0.5) is 0 Å². The van der Waals surface area contributed by atoms with Crippen molar-refractivity contribution >= 4 is 0 Å². The molecule has 0 spiro atoms. The third kappa shape index (κ3) is 1.86. The van der Waals surface area contributed by atoms with E-state index >= 15 is 0 Å². The smallest absolute Gasteiger partial charge is 0.306 e. The highest BCUT2D eigenvalue weighted by Crippen LogP contribution is 2.32. The monoisotopic (exact) mass is 204 g/mol. The molecule has 0 saturated heterocycles. The number of aromatic nitrogens is 2. The summed E-state index contributed by atoms with van der Waals surface area (Å²) in [7, 11) is 0.